The molecule has 0 radical (unpaired) electrons. The normalized spacial score (nSPS) is 13.4. The molecule has 2 heterocycles. The highest BCUT2D eigenvalue weighted by Crippen LogP contribution is 2.41. The lowest BCUT2D eigenvalue weighted by molar-refractivity contribution is 0.324. The lowest BCUT2D eigenvalue weighted by Crippen LogP contribution is -2.23. The number of H-pyrrole nitrogens is 1. The summed E-state index contributed by atoms with van der Waals surface area (Å²) in [7, 11) is 4.69. The first kappa shape index (κ1) is 19.2. The number of benzene rings is 2. The Morgan fingerprint density at radius 2 is 1.65 bits per heavy atom. The Morgan fingerprint density at radius 3 is 2.23 bits per heavy atom. The molecule has 0 unspecified atom stereocenters. The van der Waals surface area contributed by atoms with Gasteiger partial charge >= 0.3 is 5.69 Å². The molecule has 0 saturated carbocycles. The van der Waals surface area contributed by atoms with Gasteiger partial charge in [-0.05, 0) is 36.1 Å². The van der Waals surface area contributed by atoms with E-state index in [2.05, 4.69) is 22.1 Å². The number of nitrogens with zero attached hydrogens (tertiary/aromatic N) is 3. The fourth-order valence-corrected chi connectivity index (χ4v) is 4.32. The summed E-state index contributed by atoms with van der Waals surface area (Å²) in [5.41, 5.74) is 4.69. The number of methoxy groups -OCH3 is 3. The van der Waals surface area contributed by atoms with Crippen LogP contribution < -0.4 is 19.9 Å². The Labute approximate surface area is 178 Å². The molecule has 5 rings (SSSR count). The second kappa shape index (κ2) is 7.46. The zero-order valence-electron chi connectivity index (χ0n) is 17.5. The third kappa shape index (κ3) is 3.11. The highest BCUT2D eigenvalue weighted by atomic mass is 16.5. The van der Waals surface area contributed by atoms with Gasteiger partial charge in [-0.3, -0.25) is 9.55 Å². The topological polar surface area (TPSA) is 91.3 Å². The molecule has 0 atom stereocenters. The zero-order valence-corrected chi connectivity index (χ0v) is 17.5. The summed E-state index contributed by atoms with van der Waals surface area (Å²) in [5.74, 6) is 1.55. The fourth-order valence-electron chi connectivity index (χ4n) is 4.32. The lowest BCUT2D eigenvalue weighted by Gasteiger charge is -2.14. The van der Waals surface area contributed by atoms with E-state index >= 15 is 0 Å². The Kier molecular flexibility index (Phi) is 4.62. The summed E-state index contributed by atoms with van der Waals surface area (Å²) >= 11 is 0. The maximum absolute atomic E-state index is 12.8. The summed E-state index contributed by atoms with van der Waals surface area (Å²) in [4.78, 5) is 24.9. The molecule has 0 amide bonds. The number of ether oxygens (including phenoxy) is 3. The van der Waals surface area contributed by atoms with Gasteiger partial charge < -0.3 is 14.2 Å². The van der Waals surface area contributed by atoms with Crippen LogP contribution in [-0.2, 0) is 12.8 Å². The minimum absolute atomic E-state index is 0.00291. The molecule has 2 aromatic heterocycles. The summed E-state index contributed by atoms with van der Waals surface area (Å²) in [6.07, 6.45) is 3.21. The standard InChI is InChI=1S/C23H22N4O4/c1-29-18-10-15(11-19(30-2)20(18)31-3)17-12-24-21-22(25-17)27(23(28)26-21)16-8-13-6-4-5-7-14(13)9-16/h4-7,10-12,16H,8-9H2,1-3H3,(H,24,26,28). The van der Waals surface area contributed by atoms with E-state index in [1.165, 1.54) is 11.1 Å². The average molecular weight is 418 g/mol. The molecule has 0 bridgehead atoms. The molecular weight excluding hydrogens is 396 g/mol. The molecule has 0 spiro atoms. The second-order valence-electron chi connectivity index (χ2n) is 7.47. The van der Waals surface area contributed by atoms with Crippen LogP contribution in [0.15, 0.2) is 47.4 Å². The number of hydrogen-bond acceptors (Lipinski definition) is 6. The van der Waals surface area contributed by atoms with E-state index in [0.29, 0.717) is 34.2 Å². The van der Waals surface area contributed by atoms with E-state index in [0.717, 1.165) is 18.4 Å². The van der Waals surface area contributed by atoms with Crippen molar-refractivity contribution in [2.75, 3.05) is 21.3 Å². The van der Waals surface area contributed by atoms with E-state index in [-0.39, 0.29) is 11.7 Å². The van der Waals surface area contributed by atoms with Crippen LogP contribution in [0.3, 0.4) is 0 Å². The van der Waals surface area contributed by atoms with Crippen molar-refractivity contribution in [3.8, 4) is 28.5 Å². The van der Waals surface area contributed by atoms with E-state index in [9.17, 15) is 4.79 Å². The van der Waals surface area contributed by atoms with Crippen molar-refractivity contribution in [1.82, 2.24) is 19.5 Å². The molecule has 8 nitrogen and oxygen atoms in total. The van der Waals surface area contributed by atoms with Gasteiger partial charge in [-0.25, -0.2) is 14.8 Å². The van der Waals surface area contributed by atoms with Gasteiger partial charge in [0.15, 0.2) is 22.8 Å². The van der Waals surface area contributed by atoms with Crippen molar-refractivity contribution >= 4 is 11.3 Å². The Morgan fingerprint density at radius 1 is 1.00 bits per heavy atom. The fraction of sp³-hybridized carbons (Fsp3) is 0.261. The highest BCUT2D eigenvalue weighted by molar-refractivity contribution is 5.74. The van der Waals surface area contributed by atoms with Crippen LogP contribution in [0.1, 0.15) is 17.2 Å². The summed E-state index contributed by atoms with van der Waals surface area (Å²) in [5, 5.41) is 0. The van der Waals surface area contributed by atoms with Crippen LogP contribution in [0.2, 0.25) is 0 Å². The van der Waals surface area contributed by atoms with Gasteiger partial charge in [0.25, 0.3) is 0 Å². The van der Waals surface area contributed by atoms with Crippen LogP contribution in [0.25, 0.3) is 22.6 Å². The van der Waals surface area contributed by atoms with E-state index in [4.69, 9.17) is 19.2 Å². The molecule has 158 valence electrons. The second-order valence-corrected chi connectivity index (χ2v) is 7.47. The molecular formula is C23H22N4O4. The molecule has 0 fully saturated rings. The first-order valence-electron chi connectivity index (χ1n) is 9.97. The predicted molar refractivity (Wildman–Crippen MR) is 116 cm³/mol. The minimum atomic E-state index is -0.199. The Hall–Kier alpha value is -3.81. The van der Waals surface area contributed by atoms with Gasteiger partial charge in [-0.1, -0.05) is 24.3 Å². The van der Waals surface area contributed by atoms with Crippen molar-refractivity contribution in [1.29, 1.82) is 0 Å². The number of rotatable bonds is 5. The maximum atomic E-state index is 12.8. The molecule has 31 heavy (non-hydrogen) atoms. The third-order valence-corrected chi connectivity index (χ3v) is 5.78. The number of aromatic amines is 1. The smallest absolute Gasteiger partial charge is 0.329 e. The van der Waals surface area contributed by atoms with Gasteiger partial charge in [0.1, 0.15) is 0 Å². The molecule has 1 N–H and O–H groups in total. The monoisotopic (exact) mass is 418 g/mol. The molecule has 8 heteroatoms. The van der Waals surface area contributed by atoms with Gasteiger partial charge in [0.05, 0.1) is 33.2 Å². The number of fused-ring (bicyclic) bond motifs is 2. The number of imidazole rings is 1. The molecule has 0 aliphatic heterocycles. The predicted octanol–water partition coefficient (Wildman–Crippen LogP) is 3.15. The first-order valence-corrected chi connectivity index (χ1v) is 9.97. The van der Waals surface area contributed by atoms with Crippen LogP contribution in [-0.4, -0.2) is 40.8 Å². The maximum Gasteiger partial charge on any atom is 0.329 e. The Bertz CT molecular complexity index is 1290. The molecule has 4 aromatic rings. The van der Waals surface area contributed by atoms with Gasteiger partial charge in [-0.15, -0.1) is 0 Å². The van der Waals surface area contributed by atoms with Crippen molar-refractivity contribution in [3.05, 3.63) is 64.2 Å². The van der Waals surface area contributed by atoms with Gasteiger partial charge in [0.2, 0.25) is 5.75 Å². The minimum Gasteiger partial charge on any atom is -0.493 e. The van der Waals surface area contributed by atoms with Crippen LogP contribution in [0.5, 0.6) is 17.2 Å². The van der Waals surface area contributed by atoms with E-state index < -0.39 is 0 Å². The largest absolute Gasteiger partial charge is 0.493 e. The third-order valence-electron chi connectivity index (χ3n) is 5.78. The van der Waals surface area contributed by atoms with Crippen LogP contribution >= 0.6 is 0 Å². The summed E-state index contributed by atoms with van der Waals surface area (Å²) in [6, 6.07) is 11.9. The number of hydrogen-bond donors (Lipinski definition) is 1. The average Bonchev–Trinajstić information content (AvgIpc) is 3.36. The van der Waals surface area contributed by atoms with Crippen molar-refractivity contribution in [3.63, 3.8) is 0 Å². The van der Waals surface area contributed by atoms with Gasteiger partial charge in [-0.2, -0.15) is 0 Å². The number of nitrogens with one attached hydrogen (secondary N) is 1. The quantitative estimate of drug-likeness (QED) is 0.535. The van der Waals surface area contributed by atoms with Crippen LogP contribution in [0.4, 0.5) is 0 Å². The Balaban J connectivity index is 1.62. The highest BCUT2D eigenvalue weighted by Gasteiger charge is 2.26. The van der Waals surface area contributed by atoms with Crippen LogP contribution in [0, 0.1) is 0 Å². The SMILES string of the molecule is COc1cc(-c2cnc3[nH]c(=O)n(C4Cc5ccccc5C4)c3n2)cc(OC)c1OC. The molecule has 1 aliphatic rings. The van der Waals surface area contributed by atoms with Gasteiger partial charge in [0, 0.05) is 11.6 Å². The van der Waals surface area contributed by atoms with E-state index in [1.807, 2.05) is 24.3 Å². The van der Waals surface area contributed by atoms with Crippen molar-refractivity contribution < 1.29 is 14.2 Å². The molecule has 1 aliphatic carbocycles. The first-order chi connectivity index (χ1) is 15.1. The summed E-state index contributed by atoms with van der Waals surface area (Å²) < 4.78 is 18.0. The lowest BCUT2D eigenvalue weighted by atomic mass is 10.1. The zero-order chi connectivity index (χ0) is 21.5. The van der Waals surface area contributed by atoms with E-state index in [1.54, 1.807) is 32.1 Å². The molecule has 2 aromatic carbocycles. The summed E-state index contributed by atoms with van der Waals surface area (Å²) in [6.45, 7) is 0. The molecule has 0 saturated heterocycles. The van der Waals surface area contributed by atoms with Crippen molar-refractivity contribution in [2.45, 2.75) is 18.9 Å². The number of aromatic nitrogens is 4. The van der Waals surface area contributed by atoms with Crippen molar-refractivity contribution in [2.24, 2.45) is 0 Å².